The summed E-state index contributed by atoms with van der Waals surface area (Å²) in [4.78, 5) is 0.330. The zero-order chi connectivity index (χ0) is 14.9. The maximum atomic E-state index is 12.2. The van der Waals surface area contributed by atoms with E-state index in [1.54, 1.807) is 24.3 Å². The summed E-state index contributed by atoms with van der Waals surface area (Å²) in [6, 6.07) is 6.89. The third-order valence-electron chi connectivity index (χ3n) is 3.76. The Kier molecular flexibility index (Phi) is 4.65. The second-order valence-electron chi connectivity index (χ2n) is 6.45. The highest BCUT2D eigenvalue weighted by Crippen LogP contribution is 2.36. The summed E-state index contributed by atoms with van der Waals surface area (Å²) in [6.45, 7) is 12.3. The summed E-state index contributed by atoms with van der Waals surface area (Å²) in [5.41, 5.74) is 1.05. The lowest BCUT2D eigenvalue weighted by Gasteiger charge is -2.35. The molecule has 0 saturated heterocycles. The minimum Gasteiger partial charge on any atom is -0.403 e. The molecule has 108 valence electrons. The van der Waals surface area contributed by atoms with Crippen LogP contribution in [0.15, 0.2) is 29.2 Å². The summed E-state index contributed by atoms with van der Waals surface area (Å²) in [5.74, 6) is -0.230. The molecule has 0 heterocycles. The molecule has 0 atom stereocenters. The summed E-state index contributed by atoms with van der Waals surface area (Å²) >= 11 is 0. The Morgan fingerprint density at radius 3 is 2.00 bits per heavy atom. The third-order valence-corrected chi connectivity index (χ3v) is 9.87. The van der Waals surface area contributed by atoms with Gasteiger partial charge >= 0.3 is 0 Å². The highest BCUT2D eigenvalue weighted by Gasteiger charge is 2.38. The van der Waals surface area contributed by atoms with E-state index in [-0.39, 0.29) is 11.0 Å². The predicted octanol–water partition coefficient (Wildman–Crippen LogP) is 3.75. The highest BCUT2D eigenvalue weighted by molar-refractivity contribution is 7.91. The van der Waals surface area contributed by atoms with Crippen LogP contribution in [-0.4, -0.2) is 22.7 Å². The molecule has 19 heavy (non-hydrogen) atoms. The van der Waals surface area contributed by atoms with E-state index in [1.807, 2.05) is 6.92 Å². The Labute approximate surface area is 118 Å². The monoisotopic (exact) mass is 300 g/mol. The molecule has 0 unspecified atom stereocenters. The molecule has 5 heteroatoms. The molecule has 0 aliphatic heterocycles. The molecule has 1 rings (SSSR count). The van der Waals surface area contributed by atoms with Gasteiger partial charge in [-0.05, 0) is 37.2 Å². The van der Waals surface area contributed by atoms with Gasteiger partial charge in [0.2, 0.25) is 9.84 Å². The van der Waals surface area contributed by atoms with Crippen LogP contribution >= 0.6 is 0 Å². The van der Waals surface area contributed by atoms with Gasteiger partial charge in [0, 0.05) is 0 Å². The Balaban J connectivity index is 2.85. The topological polar surface area (TPSA) is 43.4 Å². The Morgan fingerprint density at radius 2 is 1.58 bits per heavy atom. The van der Waals surface area contributed by atoms with Crippen LogP contribution in [0.4, 0.5) is 0 Å². The lowest BCUT2D eigenvalue weighted by molar-refractivity contribution is 0.342. The first kappa shape index (κ1) is 16.4. The van der Waals surface area contributed by atoms with Crippen LogP contribution in [0.5, 0.6) is 0 Å². The third kappa shape index (κ3) is 4.16. The van der Waals surface area contributed by atoms with Gasteiger partial charge in [-0.25, -0.2) is 8.42 Å². The van der Waals surface area contributed by atoms with Crippen LogP contribution in [0.2, 0.25) is 18.1 Å². The van der Waals surface area contributed by atoms with Crippen LogP contribution in [-0.2, 0) is 14.3 Å². The summed E-state index contributed by atoms with van der Waals surface area (Å²) < 4.78 is 30.2. The van der Waals surface area contributed by atoms with E-state index in [0.29, 0.717) is 4.90 Å². The van der Waals surface area contributed by atoms with E-state index in [4.69, 9.17) is 4.43 Å². The molecule has 1 aromatic rings. The number of aryl methyl sites for hydroxylation is 1. The minimum absolute atomic E-state index is 0.00972. The fourth-order valence-corrected chi connectivity index (χ4v) is 4.17. The van der Waals surface area contributed by atoms with Crippen LogP contribution in [0.3, 0.4) is 0 Å². The van der Waals surface area contributed by atoms with E-state index in [0.717, 1.165) is 5.56 Å². The summed E-state index contributed by atoms with van der Waals surface area (Å²) in [5, 5.41) is 0.00972. The Hall–Kier alpha value is -0.653. The van der Waals surface area contributed by atoms with Crippen molar-refractivity contribution in [2.75, 3.05) is 5.94 Å². The zero-order valence-electron chi connectivity index (χ0n) is 12.6. The van der Waals surface area contributed by atoms with Gasteiger partial charge in [0.25, 0.3) is 0 Å². The van der Waals surface area contributed by atoms with Gasteiger partial charge in [-0.3, -0.25) is 0 Å². The molecule has 0 aromatic heterocycles. The lowest BCUT2D eigenvalue weighted by Crippen LogP contribution is -2.42. The van der Waals surface area contributed by atoms with Crippen LogP contribution < -0.4 is 0 Å². The normalized spacial score (nSPS) is 13.6. The number of benzene rings is 1. The van der Waals surface area contributed by atoms with E-state index in [2.05, 4.69) is 33.9 Å². The molecule has 0 saturated carbocycles. The second kappa shape index (κ2) is 5.38. The largest absolute Gasteiger partial charge is 0.403 e. The van der Waals surface area contributed by atoms with Crippen LogP contribution in [0.25, 0.3) is 0 Å². The average Bonchev–Trinajstić information content (AvgIpc) is 2.26. The number of hydrogen-bond donors (Lipinski definition) is 0. The van der Waals surface area contributed by atoms with Gasteiger partial charge < -0.3 is 4.43 Å². The van der Waals surface area contributed by atoms with Crippen molar-refractivity contribution >= 4 is 18.2 Å². The van der Waals surface area contributed by atoms with E-state index in [9.17, 15) is 8.42 Å². The standard InChI is InChI=1S/C14H24O3SSi/c1-12-7-9-13(10-8-12)18(15,16)11-17-19(5,6)14(2,3)4/h7-10H,11H2,1-6H3. The van der Waals surface area contributed by atoms with Crippen LogP contribution in [0, 0.1) is 6.92 Å². The van der Waals surface area contributed by atoms with Crippen molar-refractivity contribution in [2.24, 2.45) is 0 Å². The van der Waals surface area contributed by atoms with Gasteiger partial charge in [0.05, 0.1) is 4.90 Å². The SMILES string of the molecule is Cc1ccc(S(=O)(=O)CO[Si](C)(C)C(C)(C)C)cc1. The minimum atomic E-state index is -3.36. The smallest absolute Gasteiger partial charge is 0.201 e. The fraction of sp³-hybridized carbons (Fsp3) is 0.571. The maximum Gasteiger partial charge on any atom is 0.201 e. The van der Waals surface area contributed by atoms with Gasteiger partial charge in [-0.15, -0.1) is 0 Å². The fourth-order valence-electron chi connectivity index (χ4n) is 1.26. The van der Waals surface area contributed by atoms with Crippen molar-refractivity contribution < 1.29 is 12.8 Å². The van der Waals surface area contributed by atoms with Crippen molar-refractivity contribution in [3.8, 4) is 0 Å². The quantitative estimate of drug-likeness (QED) is 0.795. The van der Waals surface area contributed by atoms with E-state index in [1.165, 1.54) is 0 Å². The van der Waals surface area contributed by atoms with Crippen molar-refractivity contribution in [1.29, 1.82) is 0 Å². The molecular weight excluding hydrogens is 276 g/mol. The Morgan fingerprint density at radius 1 is 1.11 bits per heavy atom. The molecule has 0 aliphatic rings. The molecular formula is C14H24O3SSi. The molecule has 1 aromatic carbocycles. The van der Waals surface area contributed by atoms with Crippen molar-refractivity contribution in [3.05, 3.63) is 29.8 Å². The summed E-state index contributed by atoms with van der Waals surface area (Å²) in [6.07, 6.45) is 0. The first-order chi connectivity index (χ1) is 8.46. The zero-order valence-corrected chi connectivity index (χ0v) is 14.5. The van der Waals surface area contributed by atoms with Crippen molar-refractivity contribution in [3.63, 3.8) is 0 Å². The Bertz CT molecular complexity index is 525. The molecule has 0 fully saturated rings. The molecule has 3 nitrogen and oxygen atoms in total. The molecule has 0 amide bonds. The second-order valence-corrected chi connectivity index (χ2v) is 13.2. The highest BCUT2D eigenvalue weighted by atomic mass is 32.2. The molecule has 0 spiro atoms. The van der Waals surface area contributed by atoms with Crippen LogP contribution in [0.1, 0.15) is 26.3 Å². The van der Waals surface area contributed by atoms with Crippen molar-refractivity contribution in [1.82, 2.24) is 0 Å². The maximum absolute atomic E-state index is 12.2. The van der Waals surface area contributed by atoms with Gasteiger partial charge in [0.1, 0.15) is 5.94 Å². The first-order valence-electron chi connectivity index (χ1n) is 6.39. The molecule has 0 N–H and O–H groups in total. The first-order valence-corrected chi connectivity index (χ1v) is 11.0. The average molecular weight is 300 g/mol. The number of rotatable bonds is 4. The summed E-state index contributed by atoms with van der Waals surface area (Å²) in [7, 11) is -5.40. The number of sulfone groups is 1. The lowest BCUT2D eigenvalue weighted by atomic mass is 10.2. The molecule has 0 bridgehead atoms. The van der Waals surface area contributed by atoms with Gasteiger partial charge in [-0.2, -0.15) is 0 Å². The van der Waals surface area contributed by atoms with E-state index < -0.39 is 18.2 Å². The number of hydrogen-bond acceptors (Lipinski definition) is 3. The van der Waals surface area contributed by atoms with Gasteiger partial charge in [-0.1, -0.05) is 38.5 Å². The molecule has 0 radical (unpaired) electrons. The van der Waals surface area contributed by atoms with Crippen molar-refractivity contribution in [2.45, 2.75) is 50.7 Å². The van der Waals surface area contributed by atoms with Gasteiger partial charge in [0.15, 0.2) is 8.32 Å². The predicted molar refractivity (Wildman–Crippen MR) is 81.5 cm³/mol. The van der Waals surface area contributed by atoms with E-state index >= 15 is 0 Å². The molecule has 0 aliphatic carbocycles.